The molecule has 1 saturated heterocycles. The summed E-state index contributed by atoms with van der Waals surface area (Å²) in [4.78, 5) is 132. The van der Waals surface area contributed by atoms with Gasteiger partial charge in [0.1, 0.15) is 43.5 Å². The SMILES string of the molecule is NN[C@@H](CCCCNC(=O)COCCOCCNC(=O)COCCOCCNC(=O)CC[C@H](NC(=O)CC[C@H](NC(=O)CC[C@H](NC(=O)CC[C@H](NCCCCCCCCCCCCC(=O)O)C(=O)O)C(=O)O)C(=O)O)C(=O)O)C1OC1O. The van der Waals surface area contributed by atoms with Gasteiger partial charge < -0.3 is 91.5 Å². The molecule has 0 radical (unpaired) electrons. The minimum absolute atomic E-state index is 0.0493. The van der Waals surface area contributed by atoms with Crippen LogP contribution < -0.4 is 48.5 Å². The minimum atomic E-state index is -1.64. The third-order valence-corrected chi connectivity index (χ3v) is 12.8. The molecule has 6 amide bonds. The van der Waals surface area contributed by atoms with Gasteiger partial charge in [0.25, 0.3) is 0 Å². The Morgan fingerprint density at radius 3 is 1.17 bits per heavy atom. The number of nitrogens with two attached hydrogens (primary N) is 1. The standard InChI is InChI=1S/C52H91N9O22/c53-61-35(47-52(78)83-47)13-10-12-24-55-44(66)33-81-31-30-80-28-26-57-45(67)34-82-32-29-79-27-25-56-40(62)19-16-37(49(72)73)58-42(64)21-18-39(51(76)77)60-43(65)22-17-38(50(74)75)59-41(63)20-15-36(48(70)71)54-23-11-8-6-4-2-1-3-5-7-9-14-46(68)69/h35-39,47,52,54,61,78H,1-34,53H2,(H,55,66)(H,56,62)(H,57,67)(H,58,64)(H,59,63)(H,60,65)(H,68,69)(H,70,71)(H,72,73)(H,74,75)(H,76,77)/t35-,36-,37-,38-,39-,47?,52?/m0/s1. The van der Waals surface area contributed by atoms with Gasteiger partial charge >= 0.3 is 29.8 Å². The molecule has 0 bridgehead atoms. The Bertz CT molecular complexity index is 1960. The zero-order valence-electron chi connectivity index (χ0n) is 47.4. The maximum atomic E-state index is 12.7. The van der Waals surface area contributed by atoms with Crippen molar-refractivity contribution in [3.63, 3.8) is 0 Å². The van der Waals surface area contributed by atoms with E-state index in [4.69, 9.17) is 34.6 Å². The average Bonchev–Trinajstić information content (AvgIpc) is 4.40. The van der Waals surface area contributed by atoms with E-state index in [1.54, 1.807) is 0 Å². The molecule has 83 heavy (non-hydrogen) atoms. The maximum Gasteiger partial charge on any atom is 0.326 e. The minimum Gasteiger partial charge on any atom is -0.481 e. The Morgan fingerprint density at radius 2 is 0.759 bits per heavy atom. The van der Waals surface area contributed by atoms with Gasteiger partial charge in [-0.15, -0.1) is 0 Å². The van der Waals surface area contributed by atoms with Gasteiger partial charge in [-0.3, -0.25) is 49.6 Å². The van der Waals surface area contributed by atoms with Crippen molar-refractivity contribution in [3.8, 4) is 0 Å². The first kappa shape index (κ1) is 74.8. The van der Waals surface area contributed by atoms with Gasteiger partial charge in [0.2, 0.25) is 35.4 Å². The van der Waals surface area contributed by atoms with Crippen LogP contribution in [0.2, 0.25) is 0 Å². The summed E-state index contributed by atoms with van der Waals surface area (Å²) in [5.41, 5.74) is 2.61. The molecule has 2 unspecified atom stereocenters. The lowest BCUT2D eigenvalue weighted by Crippen LogP contribution is -2.45. The fraction of sp³-hybridized carbons (Fsp3) is 0.788. The highest BCUT2D eigenvalue weighted by molar-refractivity contribution is 5.88. The first-order valence-electron chi connectivity index (χ1n) is 28.4. The summed E-state index contributed by atoms with van der Waals surface area (Å²) in [5, 5.41) is 74.0. The highest BCUT2D eigenvalue weighted by Crippen LogP contribution is 2.25. The number of nitrogens with one attached hydrogen (secondary N) is 8. The molecule has 0 aromatic heterocycles. The summed E-state index contributed by atoms with van der Waals surface area (Å²) in [7, 11) is 0. The molecular weight excluding hydrogens is 1100 g/mol. The van der Waals surface area contributed by atoms with Crippen LogP contribution in [-0.2, 0) is 76.4 Å². The van der Waals surface area contributed by atoms with Crippen molar-refractivity contribution in [1.82, 2.24) is 42.6 Å². The number of ether oxygens (including phenoxy) is 5. The number of amides is 6. The Balaban J connectivity index is 2.19. The van der Waals surface area contributed by atoms with Crippen LogP contribution in [-0.4, -0.2) is 218 Å². The smallest absolute Gasteiger partial charge is 0.326 e. The normalized spacial score (nSPS) is 15.3. The number of aliphatic carboxylic acids is 5. The second-order valence-electron chi connectivity index (χ2n) is 19.7. The molecule has 1 fully saturated rings. The van der Waals surface area contributed by atoms with E-state index < -0.39 is 116 Å². The van der Waals surface area contributed by atoms with Crippen LogP contribution >= 0.6 is 0 Å². The second-order valence-corrected chi connectivity index (χ2v) is 19.7. The molecule has 0 aromatic rings. The summed E-state index contributed by atoms with van der Waals surface area (Å²) in [6, 6.07) is -5.95. The number of epoxide rings is 1. The van der Waals surface area contributed by atoms with E-state index in [-0.39, 0.29) is 116 Å². The first-order valence-corrected chi connectivity index (χ1v) is 28.4. The molecule has 1 rings (SSSR count). The van der Waals surface area contributed by atoms with Crippen LogP contribution in [0.25, 0.3) is 0 Å². The lowest BCUT2D eigenvalue weighted by molar-refractivity contribution is -0.144. The lowest BCUT2D eigenvalue weighted by Gasteiger charge is -2.18. The van der Waals surface area contributed by atoms with E-state index in [1.165, 1.54) is 0 Å². The number of hydrogen-bond acceptors (Lipinski definition) is 20. The van der Waals surface area contributed by atoms with Gasteiger partial charge in [0.15, 0.2) is 6.29 Å². The number of carbonyl (C=O) groups excluding carboxylic acids is 6. The molecule has 16 N–H and O–H groups in total. The Morgan fingerprint density at radius 1 is 0.398 bits per heavy atom. The quantitative estimate of drug-likeness (QED) is 0.0141. The van der Waals surface area contributed by atoms with Crippen molar-refractivity contribution in [1.29, 1.82) is 0 Å². The van der Waals surface area contributed by atoms with E-state index in [0.29, 0.717) is 32.4 Å². The fourth-order valence-electron chi connectivity index (χ4n) is 8.03. The van der Waals surface area contributed by atoms with Gasteiger partial charge in [-0.2, -0.15) is 0 Å². The first-order chi connectivity index (χ1) is 39.7. The van der Waals surface area contributed by atoms with Crippen molar-refractivity contribution in [2.24, 2.45) is 5.84 Å². The van der Waals surface area contributed by atoms with E-state index >= 15 is 0 Å². The molecule has 0 spiro atoms. The molecule has 0 aromatic carbocycles. The third kappa shape index (κ3) is 41.5. The Kier molecular flexibility index (Phi) is 42.5. The number of carboxylic acid groups (broad SMARTS) is 5. The van der Waals surface area contributed by atoms with Crippen LogP contribution in [0.15, 0.2) is 0 Å². The number of rotatable bonds is 56. The summed E-state index contributed by atoms with van der Waals surface area (Å²) < 4.78 is 26.2. The van der Waals surface area contributed by atoms with E-state index in [9.17, 15) is 78.3 Å². The molecule has 7 atom stereocenters. The zero-order chi connectivity index (χ0) is 61.6. The summed E-state index contributed by atoms with van der Waals surface area (Å²) >= 11 is 0. The van der Waals surface area contributed by atoms with Crippen molar-refractivity contribution < 1.29 is 107 Å². The van der Waals surface area contributed by atoms with Crippen LogP contribution in [0.4, 0.5) is 0 Å². The predicted molar refractivity (Wildman–Crippen MR) is 292 cm³/mol. The maximum absolute atomic E-state index is 12.7. The molecule has 476 valence electrons. The largest absolute Gasteiger partial charge is 0.481 e. The highest BCUT2D eigenvalue weighted by atomic mass is 16.7. The molecule has 0 aliphatic carbocycles. The molecule has 1 aliphatic rings. The van der Waals surface area contributed by atoms with E-state index in [2.05, 4.69) is 42.6 Å². The summed E-state index contributed by atoms with van der Waals surface area (Å²) in [6.45, 7) is 1.54. The number of aliphatic hydroxyl groups is 1. The van der Waals surface area contributed by atoms with Crippen LogP contribution in [0.1, 0.15) is 141 Å². The van der Waals surface area contributed by atoms with Gasteiger partial charge in [0.05, 0.1) is 45.7 Å². The number of hydrazine groups is 1. The number of aliphatic hydroxyl groups excluding tert-OH is 1. The summed E-state index contributed by atoms with van der Waals surface area (Å²) in [6.07, 6.45) is 7.45. The Hall–Kier alpha value is -6.19. The molecule has 31 heteroatoms. The van der Waals surface area contributed by atoms with Crippen LogP contribution in [0.5, 0.6) is 0 Å². The number of hydrogen-bond donors (Lipinski definition) is 15. The Labute approximate surface area is 482 Å². The number of unbranched alkanes of at least 4 members (excludes halogenated alkanes) is 10. The van der Waals surface area contributed by atoms with Crippen LogP contribution in [0, 0.1) is 0 Å². The average molecular weight is 1190 g/mol. The fourth-order valence-corrected chi connectivity index (χ4v) is 8.03. The van der Waals surface area contributed by atoms with Gasteiger partial charge in [-0.25, -0.2) is 14.4 Å². The zero-order valence-corrected chi connectivity index (χ0v) is 47.4. The molecule has 0 saturated carbocycles. The number of carboxylic acids is 5. The number of carbonyl (C=O) groups is 11. The van der Waals surface area contributed by atoms with Crippen molar-refractivity contribution >= 4 is 65.3 Å². The molecule has 1 heterocycles. The second kappa shape index (κ2) is 47.2. The van der Waals surface area contributed by atoms with Crippen molar-refractivity contribution in [2.75, 3.05) is 79.0 Å². The monoisotopic (exact) mass is 1190 g/mol. The van der Waals surface area contributed by atoms with Gasteiger partial charge in [0, 0.05) is 51.7 Å². The topological polar surface area (TPSA) is 481 Å². The van der Waals surface area contributed by atoms with Crippen molar-refractivity contribution in [3.05, 3.63) is 0 Å². The van der Waals surface area contributed by atoms with Gasteiger partial charge in [-0.1, -0.05) is 51.4 Å². The third-order valence-electron chi connectivity index (χ3n) is 12.8. The highest BCUT2D eigenvalue weighted by Gasteiger charge is 2.43. The lowest BCUT2D eigenvalue weighted by atomic mass is 10.1. The molecule has 31 nitrogen and oxygen atoms in total. The van der Waals surface area contributed by atoms with E-state index in [0.717, 1.165) is 64.2 Å². The van der Waals surface area contributed by atoms with Gasteiger partial charge in [-0.05, 0) is 64.3 Å². The van der Waals surface area contributed by atoms with Crippen molar-refractivity contribution in [2.45, 2.75) is 184 Å². The summed E-state index contributed by atoms with van der Waals surface area (Å²) in [5.74, 6) is -4.82. The molecule has 1 aliphatic heterocycles. The van der Waals surface area contributed by atoms with Crippen LogP contribution in [0.3, 0.4) is 0 Å². The molecular formula is C52H91N9O22. The van der Waals surface area contributed by atoms with E-state index in [1.807, 2.05) is 0 Å². The predicted octanol–water partition coefficient (Wildman–Crippen LogP) is -1.63.